The molecule has 0 radical (unpaired) electrons. The number of nitrogens with zero attached hydrogens (tertiary/aromatic N) is 3. The average Bonchev–Trinajstić information content (AvgIpc) is 2.79. The molecule has 0 spiro atoms. The Balaban J connectivity index is 1.38. The summed E-state index contributed by atoms with van der Waals surface area (Å²) in [6, 6.07) is 0. The SMILES string of the molecule is CC12CC1CN(Cc1cnc(N3CCOCC3)s1)C2. The van der Waals surface area contributed by atoms with E-state index in [0.29, 0.717) is 5.41 Å². The van der Waals surface area contributed by atoms with Crippen LogP contribution in [0.25, 0.3) is 0 Å². The molecule has 3 aliphatic rings. The molecule has 3 heterocycles. The van der Waals surface area contributed by atoms with Crippen molar-refractivity contribution in [1.29, 1.82) is 0 Å². The van der Waals surface area contributed by atoms with E-state index in [1.165, 1.54) is 29.5 Å². The summed E-state index contributed by atoms with van der Waals surface area (Å²) in [5, 5.41) is 1.17. The number of aromatic nitrogens is 1. The van der Waals surface area contributed by atoms with E-state index in [1.54, 1.807) is 0 Å². The van der Waals surface area contributed by atoms with Crippen molar-refractivity contribution in [3.8, 4) is 0 Å². The zero-order valence-electron chi connectivity index (χ0n) is 11.5. The number of rotatable bonds is 3. The number of likely N-dealkylation sites (tertiary alicyclic amines) is 1. The number of fused-ring (bicyclic) bond motifs is 1. The first-order valence-corrected chi connectivity index (χ1v) is 8.04. The first-order valence-electron chi connectivity index (χ1n) is 7.23. The molecule has 4 nitrogen and oxygen atoms in total. The van der Waals surface area contributed by atoms with Crippen LogP contribution in [0.4, 0.5) is 5.13 Å². The Kier molecular flexibility index (Phi) is 2.83. The Labute approximate surface area is 118 Å². The Bertz CT molecular complexity index is 471. The highest BCUT2D eigenvalue weighted by molar-refractivity contribution is 7.15. The Morgan fingerprint density at radius 1 is 1.47 bits per heavy atom. The van der Waals surface area contributed by atoms with Crippen molar-refractivity contribution >= 4 is 16.5 Å². The fourth-order valence-electron chi connectivity index (χ4n) is 3.48. The first-order chi connectivity index (χ1) is 9.23. The van der Waals surface area contributed by atoms with Gasteiger partial charge >= 0.3 is 0 Å². The van der Waals surface area contributed by atoms with Crippen LogP contribution in [0, 0.1) is 11.3 Å². The topological polar surface area (TPSA) is 28.6 Å². The van der Waals surface area contributed by atoms with Crippen molar-refractivity contribution in [1.82, 2.24) is 9.88 Å². The zero-order chi connectivity index (χ0) is 12.9. The summed E-state index contributed by atoms with van der Waals surface area (Å²) >= 11 is 1.86. The molecule has 0 N–H and O–H groups in total. The lowest BCUT2D eigenvalue weighted by Gasteiger charge is -2.26. The van der Waals surface area contributed by atoms with Crippen LogP contribution in [0.1, 0.15) is 18.2 Å². The maximum Gasteiger partial charge on any atom is 0.185 e. The molecule has 4 rings (SSSR count). The van der Waals surface area contributed by atoms with Crippen LogP contribution in [0.5, 0.6) is 0 Å². The van der Waals surface area contributed by atoms with Crippen LogP contribution in [-0.4, -0.2) is 49.3 Å². The molecule has 2 unspecified atom stereocenters. The van der Waals surface area contributed by atoms with Crippen LogP contribution in [-0.2, 0) is 11.3 Å². The normalized spacial score (nSPS) is 34.6. The van der Waals surface area contributed by atoms with Gasteiger partial charge in [0.05, 0.1) is 13.2 Å². The van der Waals surface area contributed by atoms with Gasteiger partial charge in [0.2, 0.25) is 0 Å². The number of hydrogen-bond donors (Lipinski definition) is 0. The maximum atomic E-state index is 5.39. The third-order valence-electron chi connectivity index (χ3n) is 4.80. The molecular weight excluding hydrogens is 258 g/mol. The van der Waals surface area contributed by atoms with Crippen LogP contribution in [0.3, 0.4) is 0 Å². The van der Waals surface area contributed by atoms with Crippen molar-refractivity contribution in [3.05, 3.63) is 11.1 Å². The van der Waals surface area contributed by atoms with Crippen molar-refractivity contribution in [2.75, 3.05) is 44.3 Å². The summed E-state index contributed by atoms with van der Waals surface area (Å²) in [4.78, 5) is 11.0. The minimum absolute atomic E-state index is 0.651. The maximum absolute atomic E-state index is 5.39. The fourth-order valence-corrected chi connectivity index (χ4v) is 4.49. The van der Waals surface area contributed by atoms with Crippen molar-refractivity contribution in [2.45, 2.75) is 19.9 Å². The third-order valence-corrected chi connectivity index (χ3v) is 5.85. The van der Waals surface area contributed by atoms with Gasteiger partial charge in [-0.05, 0) is 17.8 Å². The van der Waals surface area contributed by atoms with E-state index in [0.717, 1.165) is 38.8 Å². The average molecular weight is 279 g/mol. The minimum atomic E-state index is 0.651. The molecule has 1 saturated carbocycles. The highest BCUT2D eigenvalue weighted by Gasteiger charge is 2.55. The summed E-state index contributed by atoms with van der Waals surface area (Å²) in [6.07, 6.45) is 3.52. The van der Waals surface area contributed by atoms with E-state index in [-0.39, 0.29) is 0 Å². The van der Waals surface area contributed by atoms with E-state index in [2.05, 4.69) is 27.9 Å². The summed E-state index contributed by atoms with van der Waals surface area (Å²) < 4.78 is 5.39. The molecule has 3 fully saturated rings. The zero-order valence-corrected chi connectivity index (χ0v) is 12.3. The molecule has 5 heteroatoms. The molecular formula is C14H21N3OS. The Hall–Kier alpha value is -0.650. The summed E-state index contributed by atoms with van der Waals surface area (Å²) in [5.41, 5.74) is 0.651. The highest BCUT2D eigenvalue weighted by Crippen LogP contribution is 2.57. The standard InChI is InChI=1S/C14H21N3OS/c1-14-6-11(14)8-16(10-14)9-12-7-15-13(19-12)17-2-4-18-5-3-17/h7,11H,2-6,8-10H2,1H3. The lowest BCUT2D eigenvalue weighted by atomic mass is 10.1. The van der Waals surface area contributed by atoms with Crippen LogP contribution in [0.2, 0.25) is 0 Å². The Morgan fingerprint density at radius 3 is 3.05 bits per heavy atom. The molecule has 1 aliphatic carbocycles. The van der Waals surface area contributed by atoms with Crippen molar-refractivity contribution < 1.29 is 4.74 Å². The number of ether oxygens (including phenoxy) is 1. The van der Waals surface area contributed by atoms with E-state index < -0.39 is 0 Å². The van der Waals surface area contributed by atoms with E-state index in [1.807, 2.05) is 11.3 Å². The van der Waals surface area contributed by atoms with Crippen LogP contribution < -0.4 is 4.90 Å². The second-order valence-electron chi connectivity index (χ2n) is 6.43. The third kappa shape index (κ3) is 2.28. The number of morpholine rings is 1. The number of anilines is 1. The molecule has 104 valence electrons. The van der Waals surface area contributed by atoms with E-state index in [9.17, 15) is 0 Å². The molecule has 1 aromatic rings. The Morgan fingerprint density at radius 2 is 2.32 bits per heavy atom. The van der Waals surface area contributed by atoms with Gasteiger partial charge in [0.15, 0.2) is 5.13 Å². The van der Waals surface area contributed by atoms with Gasteiger partial charge in [-0.3, -0.25) is 4.90 Å². The number of piperidine rings is 1. The molecule has 0 amide bonds. The quantitative estimate of drug-likeness (QED) is 0.844. The van der Waals surface area contributed by atoms with Crippen LogP contribution in [0.15, 0.2) is 6.20 Å². The van der Waals surface area contributed by atoms with Gasteiger partial charge < -0.3 is 9.64 Å². The van der Waals surface area contributed by atoms with Gasteiger partial charge in [-0.15, -0.1) is 11.3 Å². The van der Waals surface area contributed by atoms with E-state index in [4.69, 9.17) is 4.74 Å². The van der Waals surface area contributed by atoms with Crippen molar-refractivity contribution in [3.63, 3.8) is 0 Å². The smallest absolute Gasteiger partial charge is 0.185 e. The van der Waals surface area contributed by atoms with Crippen molar-refractivity contribution in [2.24, 2.45) is 11.3 Å². The van der Waals surface area contributed by atoms with Gasteiger partial charge in [0, 0.05) is 43.8 Å². The van der Waals surface area contributed by atoms with Gasteiger partial charge in [-0.25, -0.2) is 4.98 Å². The number of thiazole rings is 1. The molecule has 19 heavy (non-hydrogen) atoms. The largest absolute Gasteiger partial charge is 0.378 e. The second-order valence-corrected chi connectivity index (χ2v) is 7.53. The van der Waals surface area contributed by atoms with E-state index >= 15 is 0 Å². The fraction of sp³-hybridized carbons (Fsp3) is 0.786. The van der Waals surface area contributed by atoms with Gasteiger partial charge in [0.25, 0.3) is 0 Å². The molecule has 1 aromatic heterocycles. The van der Waals surface area contributed by atoms with Crippen LogP contribution >= 0.6 is 11.3 Å². The van der Waals surface area contributed by atoms with Gasteiger partial charge in [0.1, 0.15) is 0 Å². The molecule has 2 aliphatic heterocycles. The van der Waals surface area contributed by atoms with Gasteiger partial charge in [-0.2, -0.15) is 0 Å². The lowest BCUT2D eigenvalue weighted by molar-refractivity contribution is 0.122. The minimum Gasteiger partial charge on any atom is -0.378 e. The molecule has 2 saturated heterocycles. The number of hydrogen-bond acceptors (Lipinski definition) is 5. The first kappa shape index (κ1) is 12.1. The monoisotopic (exact) mass is 279 g/mol. The summed E-state index contributed by atoms with van der Waals surface area (Å²) in [6.45, 7) is 9.73. The van der Waals surface area contributed by atoms with Gasteiger partial charge in [-0.1, -0.05) is 6.92 Å². The molecule has 0 bridgehead atoms. The second kappa shape index (κ2) is 4.43. The molecule has 0 aromatic carbocycles. The lowest BCUT2D eigenvalue weighted by Crippen LogP contribution is -2.36. The summed E-state index contributed by atoms with van der Waals surface area (Å²) in [5.74, 6) is 0.971. The molecule has 2 atom stereocenters. The highest BCUT2D eigenvalue weighted by atomic mass is 32.1. The summed E-state index contributed by atoms with van der Waals surface area (Å²) in [7, 11) is 0. The predicted molar refractivity (Wildman–Crippen MR) is 76.6 cm³/mol. The predicted octanol–water partition coefficient (Wildman–Crippen LogP) is 1.82.